The monoisotopic (exact) mass is 241 g/mol. The maximum absolute atomic E-state index is 13.0. The highest BCUT2D eigenvalue weighted by Crippen LogP contribution is 2.17. The lowest BCUT2D eigenvalue weighted by atomic mass is 10.1. The Bertz CT molecular complexity index is 602. The van der Waals surface area contributed by atoms with Gasteiger partial charge in [0.2, 0.25) is 0 Å². The fourth-order valence-corrected chi connectivity index (χ4v) is 1.61. The van der Waals surface area contributed by atoms with Crippen molar-refractivity contribution < 1.29 is 4.39 Å². The molecule has 0 saturated carbocycles. The van der Waals surface area contributed by atoms with E-state index in [0.29, 0.717) is 17.8 Å². The summed E-state index contributed by atoms with van der Waals surface area (Å²) < 4.78 is 13.0. The highest BCUT2D eigenvalue weighted by molar-refractivity contribution is 5.61. The van der Waals surface area contributed by atoms with Gasteiger partial charge in [-0.2, -0.15) is 5.26 Å². The molecule has 2 aromatic carbocycles. The highest BCUT2D eigenvalue weighted by atomic mass is 19.1. The van der Waals surface area contributed by atoms with Crippen LogP contribution in [-0.4, -0.2) is 0 Å². The molecule has 0 heterocycles. The zero-order valence-electron chi connectivity index (χ0n) is 9.65. The van der Waals surface area contributed by atoms with Crippen molar-refractivity contribution in [2.75, 3.05) is 11.1 Å². The third kappa shape index (κ3) is 2.77. The van der Waals surface area contributed by atoms with Crippen molar-refractivity contribution in [3.05, 3.63) is 59.4 Å². The molecular formula is C14H12FN3. The second kappa shape index (κ2) is 5.19. The Morgan fingerprint density at radius 1 is 1.22 bits per heavy atom. The van der Waals surface area contributed by atoms with Crippen LogP contribution >= 0.6 is 0 Å². The average Bonchev–Trinajstić information content (AvgIpc) is 2.38. The van der Waals surface area contributed by atoms with Crippen molar-refractivity contribution in [2.45, 2.75) is 6.54 Å². The molecule has 2 rings (SSSR count). The summed E-state index contributed by atoms with van der Waals surface area (Å²) in [4.78, 5) is 0. The number of rotatable bonds is 3. The van der Waals surface area contributed by atoms with Crippen LogP contribution in [0.5, 0.6) is 0 Å². The first-order valence-electron chi connectivity index (χ1n) is 5.47. The maximum Gasteiger partial charge on any atom is 0.123 e. The molecule has 0 aliphatic heterocycles. The minimum absolute atomic E-state index is 0.260. The topological polar surface area (TPSA) is 61.8 Å². The van der Waals surface area contributed by atoms with Gasteiger partial charge in [-0.05, 0) is 35.9 Å². The summed E-state index contributed by atoms with van der Waals surface area (Å²) in [7, 11) is 0. The third-order valence-electron chi connectivity index (χ3n) is 2.56. The number of hydrogen-bond donors (Lipinski definition) is 2. The second-order valence-corrected chi connectivity index (χ2v) is 3.90. The summed E-state index contributed by atoms with van der Waals surface area (Å²) in [5.74, 6) is -0.260. The molecule has 90 valence electrons. The van der Waals surface area contributed by atoms with E-state index in [1.165, 1.54) is 12.1 Å². The van der Waals surface area contributed by atoms with Crippen LogP contribution in [0.2, 0.25) is 0 Å². The second-order valence-electron chi connectivity index (χ2n) is 3.90. The lowest BCUT2D eigenvalue weighted by molar-refractivity contribution is 0.626. The number of nitrogens with one attached hydrogen (secondary N) is 1. The van der Waals surface area contributed by atoms with Crippen LogP contribution in [-0.2, 0) is 6.54 Å². The fourth-order valence-electron chi connectivity index (χ4n) is 1.61. The molecule has 0 atom stereocenters. The molecule has 0 spiro atoms. The van der Waals surface area contributed by atoms with Crippen LogP contribution in [0.25, 0.3) is 0 Å². The van der Waals surface area contributed by atoms with E-state index in [-0.39, 0.29) is 5.82 Å². The van der Waals surface area contributed by atoms with Crippen LogP contribution in [0.1, 0.15) is 11.1 Å². The average molecular weight is 241 g/mol. The third-order valence-corrected chi connectivity index (χ3v) is 2.56. The molecule has 0 amide bonds. The van der Waals surface area contributed by atoms with Gasteiger partial charge in [0.1, 0.15) is 11.9 Å². The summed E-state index contributed by atoms with van der Waals surface area (Å²) in [5, 5.41) is 12.0. The quantitative estimate of drug-likeness (QED) is 0.812. The number of nitrogen functional groups attached to an aromatic ring is 1. The van der Waals surface area contributed by atoms with Gasteiger partial charge in [-0.15, -0.1) is 0 Å². The van der Waals surface area contributed by atoms with Gasteiger partial charge in [-0.3, -0.25) is 0 Å². The number of nitriles is 1. The Morgan fingerprint density at radius 3 is 2.78 bits per heavy atom. The fraction of sp³-hybridized carbons (Fsp3) is 0.0714. The smallest absolute Gasteiger partial charge is 0.123 e. The van der Waals surface area contributed by atoms with Gasteiger partial charge in [-0.1, -0.05) is 12.1 Å². The highest BCUT2D eigenvalue weighted by Gasteiger charge is 2.00. The number of nitrogens with two attached hydrogens (primary N) is 1. The number of benzene rings is 2. The molecule has 2 aromatic rings. The summed E-state index contributed by atoms with van der Waals surface area (Å²) in [6, 6.07) is 13.5. The summed E-state index contributed by atoms with van der Waals surface area (Å²) in [6.45, 7) is 0.493. The number of nitrogens with zero attached hydrogens (tertiary/aromatic N) is 1. The van der Waals surface area contributed by atoms with Gasteiger partial charge in [-0.25, -0.2) is 4.39 Å². The van der Waals surface area contributed by atoms with Gasteiger partial charge in [0, 0.05) is 17.9 Å². The van der Waals surface area contributed by atoms with Gasteiger partial charge in [0.05, 0.1) is 5.56 Å². The number of halogens is 1. The van der Waals surface area contributed by atoms with Crippen molar-refractivity contribution in [3.63, 3.8) is 0 Å². The van der Waals surface area contributed by atoms with Gasteiger partial charge >= 0.3 is 0 Å². The van der Waals surface area contributed by atoms with Crippen LogP contribution in [0, 0.1) is 17.1 Å². The Kier molecular flexibility index (Phi) is 3.44. The number of hydrogen-bond acceptors (Lipinski definition) is 3. The largest absolute Gasteiger partial charge is 0.398 e. The Hall–Kier alpha value is -2.54. The van der Waals surface area contributed by atoms with E-state index in [1.54, 1.807) is 24.3 Å². The van der Waals surface area contributed by atoms with Crippen molar-refractivity contribution in [2.24, 2.45) is 0 Å². The normalized spacial score (nSPS) is 9.78. The van der Waals surface area contributed by atoms with E-state index >= 15 is 0 Å². The molecule has 0 radical (unpaired) electrons. The first-order chi connectivity index (χ1) is 8.69. The Morgan fingerprint density at radius 2 is 2.06 bits per heavy atom. The lowest BCUT2D eigenvalue weighted by Crippen LogP contribution is -2.01. The van der Waals surface area contributed by atoms with Gasteiger partial charge in [0.15, 0.2) is 0 Å². The number of anilines is 2. The van der Waals surface area contributed by atoms with Crippen molar-refractivity contribution in [3.8, 4) is 6.07 Å². The van der Waals surface area contributed by atoms with Gasteiger partial charge in [0.25, 0.3) is 0 Å². The van der Waals surface area contributed by atoms with Crippen LogP contribution in [0.4, 0.5) is 15.8 Å². The van der Waals surface area contributed by atoms with E-state index in [9.17, 15) is 4.39 Å². The summed E-state index contributed by atoms with van der Waals surface area (Å²) in [5.41, 5.74) is 8.13. The molecule has 0 saturated heterocycles. The van der Waals surface area contributed by atoms with Crippen LogP contribution in [0.15, 0.2) is 42.5 Å². The van der Waals surface area contributed by atoms with Crippen LogP contribution < -0.4 is 11.1 Å². The molecule has 0 aromatic heterocycles. The zero-order valence-corrected chi connectivity index (χ0v) is 9.65. The first kappa shape index (κ1) is 11.9. The van der Waals surface area contributed by atoms with E-state index in [4.69, 9.17) is 11.0 Å². The molecule has 0 fully saturated rings. The molecule has 3 N–H and O–H groups in total. The van der Waals surface area contributed by atoms with E-state index in [2.05, 4.69) is 5.32 Å². The molecule has 0 bridgehead atoms. The molecule has 3 nitrogen and oxygen atoms in total. The maximum atomic E-state index is 13.0. The summed E-state index contributed by atoms with van der Waals surface area (Å²) in [6.07, 6.45) is 0. The molecule has 0 unspecified atom stereocenters. The minimum Gasteiger partial charge on any atom is -0.398 e. The Balaban J connectivity index is 2.09. The SMILES string of the molecule is N#Cc1cc(NCc2cccc(F)c2)ccc1N. The predicted molar refractivity (Wildman–Crippen MR) is 69.3 cm³/mol. The molecule has 0 aliphatic carbocycles. The standard InChI is InChI=1S/C14H12FN3/c15-12-3-1-2-10(6-12)9-18-13-4-5-14(17)11(7-13)8-16/h1-7,18H,9,17H2. The van der Waals surface area contributed by atoms with Crippen molar-refractivity contribution >= 4 is 11.4 Å². The van der Waals surface area contributed by atoms with Crippen LogP contribution in [0.3, 0.4) is 0 Å². The lowest BCUT2D eigenvalue weighted by Gasteiger charge is -2.08. The Labute approximate surface area is 105 Å². The molecule has 0 aliphatic rings. The molecule has 4 heteroatoms. The van der Waals surface area contributed by atoms with Crippen molar-refractivity contribution in [1.29, 1.82) is 5.26 Å². The van der Waals surface area contributed by atoms with E-state index in [1.807, 2.05) is 12.1 Å². The van der Waals surface area contributed by atoms with E-state index < -0.39 is 0 Å². The summed E-state index contributed by atoms with van der Waals surface area (Å²) >= 11 is 0. The van der Waals surface area contributed by atoms with Gasteiger partial charge < -0.3 is 11.1 Å². The molecule has 18 heavy (non-hydrogen) atoms. The molecular weight excluding hydrogens is 229 g/mol. The van der Waals surface area contributed by atoms with Crippen molar-refractivity contribution in [1.82, 2.24) is 0 Å². The first-order valence-corrected chi connectivity index (χ1v) is 5.47. The predicted octanol–water partition coefficient (Wildman–Crippen LogP) is 2.89. The minimum atomic E-state index is -0.260. The van der Waals surface area contributed by atoms with E-state index in [0.717, 1.165) is 11.3 Å². The zero-order chi connectivity index (χ0) is 13.0.